The van der Waals surface area contributed by atoms with Gasteiger partial charge in [0, 0.05) is 47.4 Å². The highest BCUT2D eigenvalue weighted by Gasteiger charge is 2.36. The number of amides is 2. The number of nitrogens with two attached hydrogens (primary N) is 1. The number of urea groups is 1. The zero-order valence-electron chi connectivity index (χ0n) is 37.2. The molecule has 0 fully saturated rings. The summed E-state index contributed by atoms with van der Waals surface area (Å²) in [6, 6.07) is 18.6. The fourth-order valence-corrected chi connectivity index (χ4v) is 6.24. The van der Waals surface area contributed by atoms with Crippen molar-refractivity contribution in [2.75, 3.05) is 16.4 Å². The summed E-state index contributed by atoms with van der Waals surface area (Å²) < 4.78 is 163. The van der Waals surface area contributed by atoms with Gasteiger partial charge < -0.3 is 40.8 Å². The Kier molecular flexibility index (Phi) is 16.3. The van der Waals surface area contributed by atoms with Crippen molar-refractivity contribution in [2.45, 2.75) is 24.7 Å². The summed E-state index contributed by atoms with van der Waals surface area (Å²) in [6.45, 7) is 0. The van der Waals surface area contributed by atoms with E-state index in [-0.39, 0.29) is 68.6 Å². The maximum atomic E-state index is 13.0. The molecule has 0 atom stereocenters. The summed E-state index contributed by atoms with van der Waals surface area (Å²) in [4.78, 5) is 52.5. The molecule has 9 rings (SSSR count). The average molecular weight is 1110 g/mol. The van der Waals surface area contributed by atoms with Gasteiger partial charge in [-0.05, 0) is 42.5 Å². The summed E-state index contributed by atoms with van der Waals surface area (Å²) in [7, 11) is 0. The number of rotatable bonds is 9. The molecule has 0 aliphatic heterocycles. The molecule has 18 nitrogen and oxygen atoms in total. The highest BCUT2D eigenvalue weighted by Crippen LogP contribution is 2.37. The molecule has 76 heavy (non-hydrogen) atoms. The van der Waals surface area contributed by atoms with Gasteiger partial charge in [-0.1, -0.05) is 35.3 Å². The van der Waals surface area contributed by atoms with Gasteiger partial charge in [0.2, 0.25) is 11.8 Å². The van der Waals surface area contributed by atoms with Crippen LogP contribution in [0.3, 0.4) is 0 Å². The molecule has 2 amide bonds. The van der Waals surface area contributed by atoms with Gasteiger partial charge in [-0.2, -0.15) is 52.7 Å². The standard InChI is InChI=1S/C22H13ClF6N6O2.C14H10F3N5O.C8H4ClF3N4/c23-15-5-4-12(7-14(15)21(24,25)26)34-20(36)33-11-2-1-3-13(6-11)37-18-8-16(31-10-32-18)19-30-9-17(35-19)22(27,28)29;15-14(16,17)11-6-19-13(22-11)10-5-12(21-7-20-10)23-9-3-1-2-8(18)4-9;9-6-1-4(14-3-15-6)7-13-2-5(16-7)8(10,11)12/h1-10H,(H,30,35)(H2,33,34,36);1-7H,18H2,(H,19,22);1-3H,(H,13,16). The first-order valence-electron chi connectivity index (χ1n) is 20.5. The molecule has 0 unspecified atom stereocenters. The van der Waals surface area contributed by atoms with Crippen molar-refractivity contribution in [1.29, 1.82) is 0 Å². The third kappa shape index (κ3) is 15.0. The molecule has 3 aromatic carbocycles. The van der Waals surface area contributed by atoms with Crippen LogP contribution in [0.15, 0.2) is 123 Å². The zero-order valence-corrected chi connectivity index (χ0v) is 38.7. The monoisotopic (exact) mass is 1110 g/mol. The number of nitrogens with zero attached hydrogens (tertiary/aromatic N) is 9. The Balaban J connectivity index is 0.000000183. The van der Waals surface area contributed by atoms with Crippen molar-refractivity contribution in [3.8, 4) is 57.8 Å². The van der Waals surface area contributed by atoms with Crippen LogP contribution in [0.2, 0.25) is 10.2 Å². The Morgan fingerprint density at radius 2 is 0.921 bits per heavy atom. The fourth-order valence-electron chi connectivity index (χ4n) is 5.87. The quantitative estimate of drug-likeness (QED) is 0.0448. The first-order valence-corrected chi connectivity index (χ1v) is 21.3. The fraction of sp³-hybridized carbons (Fsp3) is 0.0909. The van der Waals surface area contributed by atoms with Crippen molar-refractivity contribution in [3.63, 3.8) is 0 Å². The Labute approximate surface area is 426 Å². The third-order valence-corrected chi connectivity index (χ3v) is 9.75. The number of hydrogen-bond acceptors (Lipinski definition) is 13. The van der Waals surface area contributed by atoms with Gasteiger partial charge in [0.25, 0.3) is 0 Å². The number of benzene rings is 3. The Morgan fingerprint density at radius 3 is 1.36 bits per heavy atom. The number of nitrogen functional groups attached to an aromatic ring is 1. The van der Waals surface area contributed by atoms with Gasteiger partial charge in [-0.25, -0.2) is 49.7 Å². The van der Waals surface area contributed by atoms with Crippen LogP contribution in [0.5, 0.6) is 23.3 Å². The minimum atomic E-state index is -4.70. The third-order valence-electron chi connectivity index (χ3n) is 9.21. The average Bonchev–Trinajstić information content (AvgIpc) is 4.16. The van der Waals surface area contributed by atoms with Gasteiger partial charge in [-0.15, -0.1) is 0 Å². The molecule has 6 aromatic heterocycles. The van der Waals surface area contributed by atoms with E-state index in [0.29, 0.717) is 36.1 Å². The van der Waals surface area contributed by atoms with E-state index in [1.807, 2.05) is 0 Å². The van der Waals surface area contributed by atoms with Crippen molar-refractivity contribution in [1.82, 2.24) is 59.8 Å². The van der Waals surface area contributed by atoms with Crippen molar-refractivity contribution < 1.29 is 67.0 Å². The zero-order chi connectivity index (χ0) is 55.0. The number of imidazole rings is 3. The smallest absolute Gasteiger partial charge is 0.432 e. The lowest BCUT2D eigenvalue weighted by molar-refractivity contribution is -0.141. The summed E-state index contributed by atoms with van der Waals surface area (Å²) in [5.74, 6) is 0.577. The predicted molar refractivity (Wildman–Crippen MR) is 245 cm³/mol. The van der Waals surface area contributed by atoms with Gasteiger partial charge in [0.05, 0.1) is 29.2 Å². The second kappa shape index (κ2) is 22.6. The molecule has 32 heteroatoms. The van der Waals surface area contributed by atoms with E-state index in [4.69, 9.17) is 38.4 Å². The highest BCUT2D eigenvalue weighted by molar-refractivity contribution is 6.31. The second-order valence-corrected chi connectivity index (χ2v) is 15.5. The predicted octanol–water partition coefficient (Wildman–Crippen LogP) is 12.8. The number of anilines is 3. The van der Waals surface area contributed by atoms with E-state index in [9.17, 15) is 57.5 Å². The molecule has 394 valence electrons. The van der Waals surface area contributed by atoms with Crippen LogP contribution in [0.4, 0.5) is 74.5 Å². The molecular formula is C44H27Cl2F12N15O3. The number of hydrogen-bond donors (Lipinski definition) is 6. The van der Waals surface area contributed by atoms with Crippen LogP contribution < -0.4 is 25.8 Å². The number of nitrogens with one attached hydrogen (secondary N) is 5. The Bertz CT molecular complexity index is 3460. The molecular weight excluding hydrogens is 1090 g/mol. The molecule has 7 N–H and O–H groups in total. The van der Waals surface area contributed by atoms with E-state index in [0.717, 1.165) is 18.7 Å². The summed E-state index contributed by atoms with van der Waals surface area (Å²) in [6.07, 6.45) is -12.8. The minimum Gasteiger partial charge on any atom is -0.439 e. The molecule has 0 aliphatic carbocycles. The lowest BCUT2D eigenvalue weighted by Gasteiger charge is -2.13. The number of alkyl halides is 12. The van der Waals surface area contributed by atoms with Crippen molar-refractivity contribution >= 4 is 46.3 Å². The first kappa shape index (κ1) is 54.7. The van der Waals surface area contributed by atoms with E-state index < -0.39 is 58.4 Å². The van der Waals surface area contributed by atoms with Crippen LogP contribution in [0.1, 0.15) is 22.6 Å². The minimum absolute atomic E-state index is 0.00312. The van der Waals surface area contributed by atoms with Gasteiger partial charge in [0.1, 0.15) is 69.8 Å². The summed E-state index contributed by atoms with van der Waals surface area (Å²) in [5.41, 5.74) is 2.62. The lowest BCUT2D eigenvalue weighted by Crippen LogP contribution is -2.20. The first-order chi connectivity index (χ1) is 35.8. The molecule has 0 spiro atoms. The van der Waals surface area contributed by atoms with Crippen LogP contribution in [-0.2, 0) is 24.7 Å². The number of H-pyrrole nitrogens is 3. The summed E-state index contributed by atoms with van der Waals surface area (Å²) in [5, 5.41) is 4.35. The molecule has 0 aliphatic rings. The summed E-state index contributed by atoms with van der Waals surface area (Å²) >= 11 is 11.1. The maximum absolute atomic E-state index is 13.0. The normalized spacial score (nSPS) is 11.7. The number of carbonyl (C=O) groups excluding carboxylic acids is 1. The van der Waals surface area contributed by atoms with Gasteiger partial charge >= 0.3 is 30.7 Å². The van der Waals surface area contributed by atoms with Crippen molar-refractivity contribution in [2.24, 2.45) is 0 Å². The van der Waals surface area contributed by atoms with Crippen LogP contribution in [-0.4, -0.2) is 65.8 Å². The van der Waals surface area contributed by atoms with E-state index in [1.54, 1.807) is 24.3 Å². The second-order valence-electron chi connectivity index (χ2n) is 14.7. The number of carbonyl (C=O) groups is 1. The van der Waals surface area contributed by atoms with Crippen LogP contribution >= 0.6 is 23.2 Å². The number of aromatic nitrogens is 12. The number of halogens is 14. The van der Waals surface area contributed by atoms with Crippen LogP contribution in [0, 0.1) is 0 Å². The Hall–Kier alpha value is -9.06. The van der Waals surface area contributed by atoms with Gasteiger partial charge in [-0.3, -0.25) is 0 Å². The molecule has 0 bridgehead atoms. The topological polar surface area (TPSA) is 249 Å². The molecule has 0 saturated heterocycles. The molecule has 6 heterocycles. The van der Waals surface area contributed by atoms with E-state index in [1.165, 1.54) is 54.9 Å². The van der Waals surface area contributed by atoms with Crippen LogP contribution in [0.25, 0.3) is 34.6 Å². The Morgan fingerprint density at radius 1 is 0.487 bits per heavy atom. The molecule has 0 saturated carbocycles. The van der Waals surface area contributed by atoms with E-state index >= 15 is 0 Å². The van der Waals surface area contributed by atoms with Gasteiger partial charge in [0.15, 0.2) is 17.5 Å². The number of ether oxygens (including phenoxy) is 2. The lowest BCUT2D eigenvalue weighted by atomic mass is 10.2. The van der Waals surface area contributed by atoms with E-state index in [2.05, 4.69) is 70.4 Å². The highest BCUT2D eigenvalue weighted by atomic mass is 35.5. The van der Waals surface area contributed by atoms with Crippen molar-refractivity contribution in [3.05, 3.63) is 155 Å². The maximum Gasteiger partial charge on any atom is 0.432 e. The largest absolute Gasteiger partial charge is 0.439 e. The molecule has 0 radical (unpaired) electrons. The SMILES string of the molecule is FC(F)(F)c1cnc(-c2cc(Cl)ncn2)[nH]1.Nc1cccc(Oc2cc(-c3ncc(C(F)(F)F)[nH]3)ncn2)c1.O=C(Nc1cccc(Oc2cc(-c3ncc(C(F)(F)F)[nH]3)ncn2)c1)Nc1ccc(Cl)c(C(F)(F)F)c1. The molecule has 9 aromatic rings. The number of aromatic amines is 3.